The third-order valence-corrected chi connectivity index (χ3v) is 3.49. The molecule has 0 saturated carbocycles. The molecule has 2 aromatic heterocycles. The molecule has 2 heterocycles. The third-order valence-electron chi connectivity index (χ3n) is 3.49. The van der Waals surface area contributed by atoms with Crippen molar-refractivity contribution in [2.45, 2.75) is 0 Å². The number of carbonyl (C=O) groups excluding carboxylic acids is 1. The standard InChI is InChI=1S/C17H16N4O3/c1-23-14-7-6-11(9-15(14)24-2)17(22)21-16(18)10-13(20-21)12-5-3-4-8-19-12/h3-10H,18H2,1-2H3. The molecule has 0 spiro atoms. The normalized spacial score (nSPS) is 10.4. The van der Waals surface area contributed by atoms with Crippen molar-refractivity contribution in [1.82, 2.24) is 14.8 Å². The minimum absolute atomic E-state index is 0.232. The topological polar surface area (TPSA) is 92.3 Å². The van der Waals surface area contributed by atoms with Crippen LogP contribution in [0, 0.1) is 0 Å². The summed E-state index contributed by atoms with van der Waals surface area (Å²) in [5.41, 5.74) is 7.50. The number of pyridine rings is 1. The number of nitrogens with two attached hydrogens (primary N) is 1. The van der Waals surface area contributed by atoms with Crippen molar-refractivity contribution >= 4 is 11.7 Å². The fourth-order valence-electron chi connectivity index (χ4n) is 2.29. The van der Waals surface area contributed by atoms with Crippen LogP contribution in [0.5, 0.6) is 11.5 Å². The fourth-order valence-corrected chi connectivity index (χ4v) is 2.29. The number of hydrogen-bond donors (Lipinski definition) is 1. The average Bonchev–Trinajstić information content (AvgIpc) is 3.03. The first-order valence-corrected chi connectivity index (χ1v) is 7.17. The van der Waals surface area contributed by atoms with Gasteiger partial charge in [0.05, 0.1) is 19.9 Å². The molecule has 3 rings (SSSR count). The van der Waals surface area contributed by atoms with Gasteiger partial charge in [-0.2, -0.15) is 9.78 Å². The van der Waals surface area contributed by atoms with Crippen LogP contribution in [-0.4, -0.2) is 34.9 Å². The van der Waals surface area contributed by atoms with Gasteiger partial charge in [-0.15, -0.1) is 0 Å². The summed E-state index contributed by atoms with van der Waals surface area (Å²) in [6, 6.07) is 11.9. The van der Waals surface area contributed by atoms with Crippen LogP contribution < -0.4 is 15.2 Å². The SMILES string of the molecule is COc1ccc(C(=O)n2nc(-c3ccccn3)cc2N)cc1OC. The van der Waals surface area contributed by atoms with Crippen molar-refractivity contribution in [3.63, 3.8) is 0 Å². The molecule has 0 bridgehead atoms. The first-order chi connectivity index (χ1) is 11.6. The first-order valence-electron chi connectivity index (χ1n) is 7.17. The predicted octanol–water partition coefficient (Wildman–Crippen LogP) is 2.23. The van der Waals surface area contributed by atoms with Gasteiger partial charge in [0.1, 0.15) is 11.5 Å². The zero-order valence-corrected chi connectivity index (χ0v) is 13.3. The Morgan fingerprint density at radius 3 is 2.50 bits per heavy atom. The van der Waals surface area contributed by atoms with Gasteiger partial charge in [-0.25, -0.2) is 0 Å². The zero-order chi connectivity index (χ0) is 17.1. The molecule has 3 aromatic rings. The van der Waals surface area contributed by atoms with Crippen molar-refractivity contribution < 1.29 is 14.3 Å². The van der Waals surface area contributed by atoms with Crippen LogP contribution in [0.1, 0.15) is 10.4 Å². The summed E-state index contributed by atoms with van der Waals surface area (Å²) >= 11 is 0. The Kier molecular flexibility index (Phi) is 4.15. The third kappa shape index (κ3) is 2.79. The summed E-state index contributed by atoms with van der Waals surface area (Å²) < 4.78 is 11.5. The quantitative estimate of drug-likeness (QED) is 0.791. The van der Waals surface area contributed by atoms with Crippen molar-refractivity contribution in [2.75, 3.05) is 20.0 Å². The maximum absolute atomic E-state index is 12.7. The molecule has 0 atom stereocenters. The Bertz CT molecular complexity index is 875. The van der Waals surface area contributed by atoms with Gasteiger partial charge in [0.25, 0.3) is 5.91 Å². The van der Waals surface area contributed by atoms with Gasteiger partial charge >= 0.3 is 0 Å². The molecular formula is C17H16N4O3. The largest absolute Gasteiger partial charge is 0.493 e. The number of hydrogen-bond acceptors (Lipinski definition) is 6. The maximum Gasteiger partial charge on any atom is 0.280 e. The second-order valence-electron chi connectivity index (χ2n) is 4.96. The lowest BCUT2D eigenvalue weighted by atomic mass is 10.2. The molecule has 0 aliphatic carbocycles. The van der Waals surface area contributed by atoms with E-state index in [0.29, 0.717) is 28.5 Å². The number of methoxy groups -OCH3 is 2. The molecule has 1 aromatic carbocycles. The number of ether oxygens (including phenoxy) is 2. The highest BCUT2D eigenvalue weighted by Crippen LogP contribution is 2.28. The van der Waals surface area contributed by atoms with E-state index in [-0.39, 0.29) is 11.7 Å². The monoisotopic (exact) mass is 324 g/mol. The summed E-state index contributed by atoms with van der Waals surface area (Å²) in [4.78, 5) is 16.9. The Hall–Kier alpha value is -3.35. The highest BCUT2D eigenvalue weighted by atomic mass is 16.5. The van der Waals surface area contributed by atoms with Crippen LogP contribution in [-0.2, 0) is 0 Å². The molecular weight excluding hydrogens is 308 g/mol. The molecule has 0 radical (unpaired) electrons. The molecule has 122 valence electrons. The zero-order valence-electron chi connectivity index (χ0n) is 13.3. The molecule has 0 fully saturated rings. The van der Waals surface area contributed by atoms with Crippen LogP contribution in [0.2, 0.25) is 0 Å². The minimum Gasteiger partial charge on any atom is -0.493 e. The Balaban J connectivity index is 1.98. The van der Waals surface area contributed by atoms with E-state index in [1.807, 2.05) is 6.07 Å². The van der Waals surface area contributed by atoms with Crippen LogP contribution in [0.4, 0.5) is 5.82 Å². The Morgan fingerprint density at radius 2 is 1.83 bits per heavy atom. The van der Waals surface area contributed by atoms with Gasteiger partial charge in [-0.05, 0) is 30.3 Å². The van der Waals surface area contributed by atoms with E-state index < -0.39 is 0 Å². The van der Waals surface area contributed by atoms with Gasteiger partial charge in [0.15, 0.2) is 11.5 Å². The van der Waals surface area contributed by atoms with Crippen molar-refractivity contribution in [3.05, 3.63) is 54.2 Å². The van der Waals surface area contributed by atoms with Gasteiger partial charge in [-0.3, -0.25) is 9.78 Å². The molecule has 0 aliphatic rings. The number of carbonyl (C=O) groups is 1. The molecule has 0 unspecified atom stereocenters. The van der Waals surface area contributed by atoms with Gasteiger partial charge in [0, 0.05) is 17.8 Å². The summed E-state index contributed by atoms with van der Waals surface area (Å²) in [5, 5.41) is 4.26. The molecule has 0 saturated heterocycles. The highest BCUT2D eigenvalue weighted by Gasteiger charge is 2.17. The van der Waals surface area contributed by atoms with Gasteiger partial charge < -0.3 is 15.2 Å². The van der Waals surface area contributed by atoms with E-state index >= 15 is 0 Å². The summed E-state index contributed by atoms with van der Waals surface area (Å²) in [6.07, 6.45) is 1.65. The molecule has 2 N–H and O–H groups in total. The molecule has 7 heteroatoms. The molecule has 24 heavy (non-hydrogen) atoms. The van der Waals surface area contributed by atoms with E-state index in [9.17, 15) is 4.79 Å². The lowest BCUT2D eigenvalue weighted by Gasteiger charge is -2.09. The molecule has 0 aliphatic heterocycles. The number of benzene rings is 1. The predicted molar refractivity (Wildman–Crippen MR) is 89.1 cm³/mol. The van der Waals surface area contributed by atoms with E-state index in [2.05, 4.69) is 10.1 Å². The summed E-state index contributed by atoms with van der Waals surface area (Å²) in [7, 11) is 3.04. The smallest absolute Gasteiger partial charge is 0.280 e. The van der Waals surface area contributed by atoms with Crippen LogP contribution in [0.15, 0.2) is 48.7 Å². The lowest BCUT2D eigenvalue weighted by molar-refractivity contribution is 0.0948. The number of aromatic nitrogens is 3. The Labute approximate surface area is 138 Å². The van der Waals surface area contributed by atoms with Crippen molar-refractivity contribution in [1.29, 1.82) is 0 Å². The van der Waals surface area contributed by atoms with Crippen molar-refractivity contribution in [2.24, 2.45) is 0 Å². The second kappa shape index (κ2) is 6.41. The maximum atomic E-state index is 12.7. The molecule has 0 amide bonds. The fraction of sp³-hybridized carbons (Fsp3) is 0.118. The Morgan fingerprint density at radius 1 is 1.04 bits per heavy atom. The van der Waals surface area contributed by atoms with E-state index in [0.717, 1.165) is 4.68 Å². The van der Waals surface area contributed by atoms with Gasteiger partial charge in [0.2, 0.25) is 0 Å². The van der Waals surface area contributed by atoms with Crippen LogP contribution in [0.3, 0.4) is 0 Å². The average molecular weight is 324 g/mol. The van der Waals surface area contributed by atoms with E-state index in [1.165, 1.54) is 14.2 Å². The van der Waals surface area contributed by atoms with Crippen molar-refractivity contribution in [3.8, 4) is 22.9 Å². The second-order valence-corrected chi connectivity index (χ2v) is 4.96. The number of nitrogens with zero attached hydrogens (tertiary/aromatic N) is 3. The summed E-state index contributed by atoms with van der Waals surface area (Å²) in [6.45, 7) is 0. The summed E-state index contributed by atoms with van der Waals surface area (Å²) in [5.74, 6) is 0.863. The minimum atomic E-state index is -0.365. The van der Waals surface area contributed by atoms with E-state index in [4.69, 9.17) is 15.2 Å². The van der Waals surface area contributed by atoms with E-state index in [1.54, 1.807) is 42.6 Å². The lowest BCUT2D eigenvalue weighted by Crippen LogP contribution is -2.16. The highest BCUT2D eigenvalue weighted by molar-refractivity contribution is 5.98. The molecule has 7 nitrogen and oxygen atoms in total. The van der Waals surface area contributed by atoms with Crippen LogP contribution in [0.25, 0.3) is 11.4 Å². The van der Waals surface area contributed by atoms with Crippen LogP contribution >= 0.6 is 0 Å². The number of rotatable bonds is 4. The number of nitrogen functional groups attached to an aromatic ring is 1. The van der Waals surface area contributed by atoms with Gasteiger partial charge in [-0.1, -0.05) is 6.07 Å². The number of anilines is 1. The first kappa shape index (κ1) is 15.5.